The Labute approximate surface area is 122 Å². The highest BCUT2D eigenvalue weighted by atomic mass is 32.2. The first kappa shape index (κ1) is 14.9. The number of amides is 2. The van der Waals surface area contributed by atoms with Gasteiger partial charge in [0.1, 0.15) is 0 Å². The Morgan fingerprint density at radius 2 is 2.15 bits per heavy atom. The number of thioether (sulfide) groups is 1. The fraction of sp³-hybridized carbons (Fsp3) is 0.429. The largest absolute Gasteiger partial charge is 0.324 e. The predicted molar refractivity (Wildman–Crippen MR) is 81.9 cm³/mol. The van der Waals surface area contributed by atoms with Gasteiger partial charge in [-0.3, -0.25) is 9.59 Å². The molecule has 1 aliphatic heterocycles. The third-order valence-electron chi connectivity index (χ3n) is 3.58. The van der Waals surface area contributed by atoms with E-state index in [-0.39, 0.29) is 11.8 Å². The van der Waals surface area contributed by atoms with Crippen LogP contribution < -0.4 is 16.4 Å². The number of nitrogens with two attached hydrogens (primary N) is 1. The average Bonchev–Trinajstić information content (AvgIpc) is 2.45. The van der Waals surface area contributed by atoms with Crippen LogP contribution in [0.4, 0.5) is 11.4 Å². The topological polar surface area (TPSA) is 84.2 Å². The molecule has 2 amide bonds. The minimum atomic E-state index is -0.853. The average molecular weight is 293 g/mol. The zero-order valence-corrected chi connectivity index (χ0v) is 12.5. The maximum absolute atomic E-state index is 12.2. The molecule has 0 spiro atoms. The molecule has 2 rings (SSSR count). The van der Waals surface area contributed by atoms with Gasteiger partial charge in [0.25, 0.3) is 0 Å². The van der Waals surface area contributed by atoms with Crippen LogP contribution in [0.3, 0.4) is 0 Å². The van der Waals surface area contributed by atoms with Gasteiger partial charge in [-0.25, -0.2) is 0 Å². The Hall–Kier alpha value is -1.53. The van der Waals surface area contributed by atoms with E-state index in [1.807, 2.05) is 26.0 Å². The zero-order chi connectivity index (χ0) is 14.8. The van der Waals surface area contributed by atoms with Gasteiger partial charge in [-0.15, -0.1) is 11.8 Å². The summed E-state index contributed by atoms with van der Waals surface area (Å²) in [4.78, 5) is 24.6. The lowest BCUT2D eigenvalue weighted by atomic mass is 9.93. The minimum absolute atomic E-state index is 0.0266. The zero-order valence-electron chi connectivity index (χ0n) is 11.7. The van der Waals surface area contributed by atoms with E-state index in [1.165, 1.54) is 11.8 Å². The van der Waals surface area contributed by atoms with Crippen molar-refractivity contribution in [1.29, 1.82) is 0 Å². The van der Waals surface area contributed by atoms with Crippen molar-refractivity contribution in [3.8, 4) is 0 Å². The van der Waals surface area contributed by atoms with Gasteiger partial charge in [-0.1, -0.05) is 13.8 Å². The molecule has 1 aliphatic rings. The van der Waals surface area contributed by atoms with E-state index in [9.17, 15) is 9.59 Å². The summed E-state index contributed by atoms with van der Waals surface area (Å²) < 4.78 is 0. The first-order chi connectivity index (χ1) is 9.48. The Morgan fingerprint density at radius 1 is 1.45 bits per heavy atom. The van der Waals surface area contributed by atoms with Crippen molar-refractivity contribution >= 4 is 35.0 Å². The van der Waals surface area contributed by atoms with Crippen molar-refractivity contribution in [3.05, 3.63) is 18.2 Å². The highest BCUT2D eigenvalue weighted by molar-refractivity contribution is 8.00. The summed E-state index contributed by atoms with van der Waals surface area (Å²) >= 11 is 1.49. The molecule has 0 aromatic heterocycles. The molecule has 20 heavy (non-hydrogen) atoms. The summed E-state index contributed by atoms with van der Waals surface area (Å²) in [5.74, 6) is 0.203. The van der Waals surface area contributed by atoms with Crippen LogP contribution >= 0.6 is 11.8 Å². The fourth-order valence-electron chi connectivity index (χ4n) is 1.99. The summed E-state index contributed by atoms with van der Waals surface area (Å²) in [6, 6.07) is 5.49. The first-order valence-corrected chi connectivity index (χ1v) is 7.64. The maximum atomic E-state index is 12.2. The molecule has 108 valence electrons. The second-order valence-corrected chi connectivity index (χ2v) is 5.88. The third kappa shape index (κ3) is 2.96. The Bertz CT molecular complexity index is 541. The van der Waals surface area contributed by atoms with Crippen molar-refractivity contribution in [2.75, 3.05) is 16.4 Å². The van der Waals surface area contributed by atoms with Gasteiger partial charge in [0.05, 0.1) is 17.0 Å². The predicted octanol–water partition coefficient (Wildman–Crippen LogP) is 2.19. The van der Waals surface area contributed by atoms with E-state index in [2.05, 4.69) is 10.6 Å². The lowest BCUT2D eigenvalue weighted by Crippen LogP contribution is -2.50. The molecule has 0 atom stereocenters. The van der Waals surface area contributed by atoms with Gasteiger partial charge in [-0.2, -0.15) is 0 Å². The number of carbonyl (C=O) groups is 2. The Morgan fingerprint density at radius 3 is 2.80 bits per heavy atom. The molecule has 0 bridgehead atoms. The van der Waals surface area contributed by atoms with Gasteiger partial charge in [-0.05, 0) is 31.0 Å². The molecular formula is C14H19N3O2S. The highest BCUT2D eigenvalue weighted by Crippen LogP contribution is 2.33. The van der Waals surface area contributed by atoms with Gasteiger partial charge >= 0.3 is 0 Å². The third-order valence-corrected chi connectivity index (χ3v) is 4.66. The second kappa shape index (κ2) is 5.85. The molecule has 0 unspecified atom stereocenters. The van der Waals surface area contributed by atoms with Crippen LogP contribution in [0, 0.1) is 0 Å². The summed E-state index contributed by atoms with van der Waals surface area (Å²) in [6.45, 7) is 3.79. The van der Waals surface area contributed by atoms with Crippen LogP contribution in [0.5, 0.6) is 0 Å². The second-order valence-electron chi connectivity index (χ2n) is 4.87. The number of fused-ring (bicyclic) bond motifs is 1. The molecule has 0 saturated heterocycles. The summed E-state index contributed by atoms with van der Waals surface area (Å²) in [6.07, 6.45) is 1.15. The maximum Gasteiger partial charge on any atom is 0.244 e. The molecule has 6 heteroatoms. The first-order valence-electron chi connectivity index (χ1n) is 6.65. The SMILES string of the molecule is CCC(N)(CC)C(=O)Nc1ccc2c(c1)NC(=O)CS2. The molecule has 5 nitrogen and oxygen atoms in total. The number of carbonyl (C=O) groups excluding carboxylic acids is 2. The molecule has 1 aromatic carbocycles. The van der Waals surface area contributed by atoms with E-state index < -0.39 is 5.54 Å². The number of nitrogens with one attached hydrogen (secondary N) is 2. The number of anilines is 2. The van der Waals surface area contributed by atoms with E-state index in [1.54, 1.807) is 6.07 Å². The molecule has 0 fully saturated rings. The van der Waals surface area contributed by atoms with Crippen LogP contribution in [0.25, 0.3) is 0 Å². The smallest absolute Gasteiger partial charge is 0.244 e. The van der Waals surface area contributed by atoms with Gasteiger partial charge in [0.15, 0.2) is 0 Å². The van der Waals surface area contributed by atoms with Crippen LogP contribution in [0.1, 0.15) is 26.7 Å². The molecule has 1 heterocycles. The van der Waals surface area contributed by atoms with E-state index >= 15 is 0 Å². The van der Waals surface area contributed by atoms with Crippen LogP contribution in [-0.4, -0.2) is 23.1 Å². The monoisotopic (exact) mass is 293 g/mol. The minimum Gasteiger partial charge on any atom is -0.324 e. The van der Waals surface area contributed by atoms with Gasteiger partial charge in [0, 0.05) is 10.6 Å². The summed E-state index contributed by atoms with van der Waals surface area (Å²) in [7, 11) is 0. The van der Waals surface area contributed by atoms with Crippen molar-refractivity contribution in [3.63, 3.8) is 0 Å². The normalized spacial score (nSPS) is 14.4. The summed E-state index contributed by atoms with van der Waals surface area (Å²) in [5.41, 5.74) is 6.59. The molecule has 1 aromatic rings. The summed E-state index contributed by atoms with van der Waals surface area (Å²) in [5, 5.41) is 5.62. The van der Waals surface area contributed by atoms with Gasteiger partial charge < -0.3 is 16.4 Å². The van der Waals surface area contributed by atoms with E-state index in [4.69, 9.17) is 5.73 Å². The van der Waals surface area contributed by atoms with Crippen molar-refractivity contribution < 1.29 is 9.59 Å². The molecular weight excluding hydrogens is 274 g/mol. The number of benzene rings is 1. The highest BCUT2D eigenvalue weighted by Gasteiger charge is 2.30. The molecule has 0 saturated carbocycles. The van der Waals surface area contributed by atoms with Crippen LogP contribution in [0.2, 0.25) is 0 Å². The Balaban J connectivity index is 2.17. The number of hydrogen-bond donors (Lipinski definition) is 3. The van der Waals surface area contributed by atoms with E-state index in [0.29, 0.717) is 24.3 Å². The number of hydrogen-bond acceptors (Lipinski definition) is 4. The van der Waals surface area contributed by atoms with E-state index in [0.717, 1.165) is 10.6 Å². The lowest BCUT2D eigenvalue weighted by molar-refractivity contribution is -0.121. The molecule has 4 N–H and O–H groups in total. The fourth-order valence-corrected chi connectivity index (χ4v) is 2.78. The molecule has 0 aliphatic carbocycles. The van der Waals surface area contributed by atoms with Gasteiger partial charge in [0.2, 0.25) is 11.8 Å². The molecule has 0 radical (unpaired) electrons. The van der Waals surface area contributed by atoms with Crippen molar-refractivity contribution in [2.24, 2.45) is 5.73 Å². The van der Waals surface area contributed by atoms with Crippen LogP contribution in [0.15, 0.2) is 23.1 Å². The number of rotatable bonds is 4. The van der Waals surface area contributed by atoms with Crippen LogP contribution in [-0.2, 0) is 9.59 Å². The quantitative estimate of drug-likeness (QED) is 0.794. The Kier molecular flexibility index (Phi) is 4.35. The van der Waals surface area contributed by atoms with Crippen molar-refractivity contribution in [2.45, 2.75) is 37.1 Å². The standard InChI is InChI=1S/C14H19N3O2S/c1-3-14(15,4-2)13(19)16-9-5-6-11-10(7-9)17-12(18)8-20-11/h5-7H,3-4,8,15H2,1-2H3,(H,16,19)(H,17,18). The van der Waals surface area contributed by atoms with Crippen molar-refractivity contribution in [1.82, 2.24) is 0 Å². The lowest BCUT2D eigenvalue weighted by Gasteiger charge is -2.25.